The molecule has 5 nitrogen and oxygen atoms in total. The van der Waals surface area contributed by atoms with Crippen molar-refractivity contribution >= 4 is 5.91 Å². The molecule has 0 spiro atoms. The van der Waals surface area contributed by atoms with Crippen LogP contribution in [0.15, 0.2) is 59.1 Å². The van der Waals surface area contributed by atoms with Crippen molar-refractivity contribution in [3.05, 3.63) is 65.9 Å². The van der Waals surface area contributed by atoms with Gasteiger partial charge in [0.2, 0.25) is 5.89 Å². The summed E-state index contributed by atoms with van der Waals surface area (Å²) in [4.78, 5) is 19.7. The molecule has 2 N–H and O–H groups in total. The summed E-state index contributed by atoms with van der Waals surface area (Å²) in [6.07, 6.45) is 3.77. The summed E-state index contributed by atoms with van der Waals surface area (Å²) in [6, 6.07) is 15.7. The van der Waals surface area contributed by atoms with Crippen LogP contribution in [0.2, 0.25) is 0 Å². The fraction of sp³-hybridized carbons (Fsp3) is 0.333. The molecule has 0 radical (unpaired) electrons. The van der Waals surface area contributed by atoms with Crippen molar-refractivity contribution in [2.75, 3.05) is 13.1 Å². The summed E-state index contributed by atoms with van der Waals surface area (Å²) in [5.74, 6) is 1.51. The lowest BCUT2D eigenvalue weighted by atomic mass is 9.91. The molecule has 2 aromatic carbocycles. The number of benzene rings is 2. The molecule has 1 amide bonds. The second-order valence-electron chi connectivity index (χ2n) is 7.95. The lowest BCUT2D eigenvalue weighted by molar-refractivity contribution is 0.0661. The van der Waals surface area contributed by atoms with E-state index in [2.05, 4.69) is 4.98 Å². The van der Waals surface area contributed by atoms with Crippen LogP contribution in [0.5, 0.6) is 0 Å². The Morgan fingerprint density at radius 2 is 1.97 bits per heavy atom. The second kappa shape index (κ2) is 8.21. The van der Waals surface area contributed by atoms with Crippen LogP contribution in [0.3, 0.4) is 0 Å². The van der Waals surface area contributed by atoms with Crippen LogP contribution >= 0.6 is 0 Å². The molecule has 3 aromatic rings. The summed E-state index contributed by atoms with van der Waals surface area (Å²) in [5, 5.41) is 0. The van der Waals surface area contributed by atoms with Crippen molar-refractivity contribution in [3.8, 4) is 22.8 Å². The van der Waals surface area contributed by atoms with Gasteiger partial charge in [-0.05, 0) is 44.7 Å². The molecular weight excluding hydrogens is 362 g/mol. The molecule has 5 heteroatoms. The van der Waals surface area contributed by atoms with Gasteiger partial charge in [0.25, 0.3) is 5.91 Å². The Morgan fingerprint density at radius 3 is 2.72 bits per heavy atom. The first-order valence-electron chi connectivity index (χ1n) is 10.2. The van der Waals surface area contributed by atoms with Crippen LogP contribution in [0.1, 0.15) is 35.7 Å². The zero-order chi connectivity index (χ0) is 20.4. The van der Waals surface area contributed by atoms with Gasteiger partial charge in [-0.2, -0.15) is 0 Å². The standard InChI is InChI=1S/C24H27N3O2/c1-16-9-11-18(12-10-16)22-14-26-23(29-22)20-7-3-4-8-21(20)24(28)27-13-5-6-19(15-27)17(2)25/h3-4,7-12,14,17,19H,5-6,13,15,25H2,1-2H3. The first-order valence-corrected chi connectivity index (χ1v) is 10.2. The number of rotatable bonds is 4. The number of carbonyl (C=O) groups excluding carboxylic acids is 1. The fourth-order valence-corrected chi connectivity index (χ4v) is 3.90. The monoisotopic (exact) mass is 389 g/mol. The minimum Gasteiger partial charge on any atom is -0.436 e. The van der Waals surface area contributed by atoms with Crippen molar-refractivity contribution in [2.45, 2.75) is 32.7 Å². The van der Waals surface area contributed by atoms with Crippen molar-refractivity contribution in [2.24, 2.45) is 11.7 Å². The summed E-state index contributed by atoms with van der Waals surface area (Å²) in [7, 11) is 0. The molecule has 1 saturated heterocycles. The summed E-state index contributed by atoms with van der Waals surface area (Å²) in [6.45, 7) is 5.53. The number of aryl methyl sites for hydroxylation is 1. The van der Waals surface area contributed by atoms with E-state index >= 15 is 0 Å². The summed E-state index contributed by atoms with van der Waals surface area (Å²) in [5.41, 5.74) is 9.59. The fourth-order valence-electron chi connectivity index (χ4n) is 3.90. The SMILES string of the molecule is Cc1ccc(-c2cnc(-c3ccccc3C(=O)N3CCCC(C(C)N)C3)o2)cc1. The van der Waals surface area contributed by atoms with E-state index in [0.717, 1.165) is 30.5 Å². The molecular formula is C24H27N3O2. The van der Waals surface area contributed by atoms with Gasteiger partial charge in [0.15, 0.2) is 5.76 Å². The average molecular weight is 389 g/mol. The molecule has 2 heterocycles. The number of amides is 1. The Balaban J connectivity index is 1.62. The molecule has 1 aliphatic heterocycles. The maximum absolute atomic E-state index is 13.3. The van der Waals surface area contributed by atoms with Gasteiger partial charge in [0.1, 0.15) is 0 Å². The van der Waals surface area contributed by atoms with Crippen LogP contribution in [0, 0.1) is 12.8 Å². The topological polar surface area (TPSA) is 72.4 Å². The highest BCUT2D eigenvalue weighted by molar-refractivity contribution is 6.00. The average Bonchev–Trinajstić information content (AvgIpc) is 3.24. The predicted molar refractivity (Wildman–Crippen MR) is 114 cm³/mol. The number of aromatic nitrogens is 1. The number of hydrogen-bond acceptors (Lipinski definition) is 4. The van der Waals surface area contributed by atoms with Crippen LogP contribution in [-0.4, -0.2) is 34.9 Å². The Labute approximate surface area is 171 Å². The van der Waals surface area contributed by atoms with E-state index in [-0.39, 0.29) is 11.9 Å². The molecule has 0 saturated carbocycles. The summed E-state index contributed by atoms with van der Waals surface area (Å²) < 4.78 is 6.03. The van der Waals surface area contributed by atoms with E-state index < -0.39 is 0 Å². The molecule has 2 unspecified atom stereocenters. The molecule has 150 valence electrons. The van der Waals surface area contributed by atoms with Gasteiger partial charge in [0.05, 0.1) is 11.8 Å². The van der Waals surface area contributed by atoms with Gasteiger partial charge in [-0.3, -0.25) is 4.79 Å². The summed E-state index contributed by atoms with van der Waals surface area (Å²) >= 11 is 0. The Morgan fingerprint density at radius 1 is 1.21 bits per heavy atom. The number of nitrogens with two attached hydrogens (primary N) is 1. The van der Waals surface area contributed by atoms with Crippen LogP contribution in [-0.2, 0) is 0 Å². The Hall–Kier alpha value is -2.92. The van der Waals surface area contributed by atoms with E-state index in [1.54, 1.807) is 6.20 Å². The minimum atomic E-state index is 0.0148. The van der Waals surface area contributed by atoms with Crippen LogP contribution < -0.4 is 5.73 Å². The highest BCUT2D eigenvalue weighted by atomic mass is 16.4. The van der Waals surface area contributed by atoms with Crippen molar-refractivity contribution in [1.82, 2.24) is 9.88 Å². The third-order valence-electron chi connectivity index (χ3n) is 5.72. The third kappa shape index (κ3) is 4.10. The second-order valence-corrected chi connectivity index (χ2v) is 7.95. The first-order chi connectivity index (χ1) is 14.0. The Bertz CT molecular complexity index is 991. The van der Waals surface area contributed by atoms with Gasteiger partial charge in [-0.1, -0.05) is 42.0 Å². The zero-order valence-electron chi connectivity index (χ0n) is 17.0. The van der Waals surface area contributed by atoms with Gasteiger partial charge >= 0.3 is 0 Å². The van der Waals surface area contributed by atoms with E-state index in [9.17, 15) is 4.79 Å². The van der Waals surface area contributed by atoms with Crippen molar-refractivity contribution in [3.63, 3.8) is 0 Å². The van der Waals surface area contributed by atoms with Gasteiger partial charge in [-0.25, -0.2) is 4.98 Å². The Kier molecular flexibility index (Phi) is 5.49. The van der Waals surface area contributed by atoms with E-state index in [1.807, 2.05) is 67.3 Å². The van der Waals surface area contributed by atoms with Gasteiger partial charge in [-0.15, -0.1) is 0 Å². The lowest BCUT2D eigenvalue weighted by Gasteiger charge is -2.34. The number of nitrogens with zero attached hydrogens (tertiary/aromatic N) is 2. The maximum Gasteiger partial charge on any atom is 0.254 e. The minimum absolute atomic E-state index is 0.0148. The van der Waals surface area contributed by atoms with E-state index in [0.29, 0.717) is 29.7 Å². The molecule has 29 heavy (non-hydrogen) atoms. The smallest absolute Gasteiger partial charge is 0.254 e. The third-order valence-corrected chi connectivity index (χ3v) is 5.72. The number of likely N-dealkylation sites (tertiary alicyclic amines) is 1. The molecule has 1 aromatic heterocycles. The van der Waals surface area contributed by atoms with E-state index in [1.165, 1.54) is 5.56 Å². The first kappa shape index (κ1) is 19.4. The highest BCUT2D eigenvalue weighted by Gasteiger charge is 2.28. The number of carbonyl (C=O) groups is 1. The molecule has 2 atom stereocenters. The largest absolute Gasteiger partial charge is 0.436 e. The number of oxazole rings is 1. The normalized spacial score (nSPS) is 17.9. The lowest BCUT2D eigenvalue weighted by Crippen LogP contribution is -2.45. The molecule has 4 rings (SSSR count). The van der Waals surface area contributed by atoms with Crippen LogP contribution in [0.4, 0.5) is 0 Å². The van der Waals surface area contributed by atoms with E-state index in [4.69, 9.17) is 10.2 Å². The van der Waals surface area contributed by atoms with Gasteiger partial charge < -0.3 is 15.1 Å². The van der Waals surface area contributed by atoms with Crippen molar-refractivity contribution in [1.29, 1.82) is 0 Å². The highest BCUT2D eigenvalue weighted by Crippen LogP contribution is 2.30. The van der Waals surface area contributed by atoms with Crippen molar-refractivity contribution < 1.29 is 9.21 Å². The quantitative estimate of drug-likeness (QED) is 0.712. The predicted octanol–water partition coefficient (Wildman–Crippen LogP) is 4.52. The van der Waals surface area contributed by atoms with Crippen LogP contribution in [0.25, 0.3) is 22.8 Å². The molecule has 1 aliphatic rings. The maximum atomic E-state index is 13.3. The number of piperidine rings is 1. The molecule has 0 aliphatic carbocycles. The number of hydrogen-bond donors (Lipinski definition) is 1. The van der Waals surface area contributed by atoms with Gasteiger partial charge in [0, 0.05) is 30.3 Å². The molecule has 1 fully saturated rings. The zero-order valence-corrected chi connectivity index (χ0v) is 17.0. The molecule has 0 bridgehead atoms.